The summed E-state index contributed by atoms with van der Waals surface area (Å²) >= 11 is 3.41. The summed E-state index contributed by atoms with van der Waals surface area (Å²) in [7, 11) is -1.33. The number of hydrogen-bond donors (Lipinski definition) is 1. The standard InChI is InChI=1S/C26H28BrN3O2S/c1-25(2,3)16-13-20(26(4,5)6)24(31)23(14-16)30-28-21-12-11-19(15-22(21)29-30)33(32)18-9-7-17(27)8-10-18/h7-15,31H,1-6H3. The van der Waals surface area contributed by atoms with Gasteiger partial charge in [-0.1, -0.05) is 63.5 Å². The predicted molar refractivity (Wildman–Crippen MR) is 137 cm³/mol. The largest absolute Gasteiger partial charge is 0.505 e. The van der Waals surface area contributed by atoms with E-state index in [1.165, 1.54) is 4.80 Å². The summed E-state index contributed by atoms with van der Waals surface area (Å²) in [6, 6.07) is 16.9. The Labute approximate surface area is 205 Å². The molecule has 172 valence electrons. The molecule has 0 bridgehead atoms. The molecule has 0 amide bonds. The molecule has 1 N–H and O–H groups in total. The molecule has 33 heavy (non-hydrogen) atoms. The third-order valence-corrected chi connectivity index (χ3v) is 7.48. The van der Waals surface area contributed by atoms with E-state index >= 15 is 0 Å². The molecular weight excluding hydrogens is 498 g/mol. The van der Waals surface area contributed by atoms with Crippen LogP contribution in [0.4, 0.5) is 0 Å². The quantitative estimate of drug-likeness (QED) is 0.325. The van der Waals surface area contributed by atoms with Crippen molar-refractivity contribution >= 4 is 37.8 Å². The number of benzene rings is 3. The van der Waals surface area contributed by atoms with Gasteiger partial charge in [0, 0.05) is 19.8 Å². The van der Waals surface area contributed by atoms with Gasteiger partial charge in [-0.05, 0) is 64.9 Å². The lowest BCUT2D eigenvalue weighted by molar-refractivity contribution is 0.438. The number of phenolic OH excluding ortho intramolecular Hbond substituents is 1. The molecule has 3 aromatic carbocycles. The van der Waals surface area contributed by atoms with Gasteiger partial charge in [-0.25, -0.2) is 4.21 Å². The monoisotopic (exact) mass is 525 g/mol. The fourth-order valence-corrected chi connectivity index (χ4v) is 4.92. The van der Waals surface area contributed by atoms with E-state index in [1.807, 2.05) is 42.5 Å². The van der Waals surface area contributed by atoms with Crippen LogP contribution < -0.4 is 0 Å². The van der Waals surface area contributed by atoms with Gasteiger partial charge in [-0.15, -0.1) is 15.0 Å². The van der Waals surface area contributed by atoms with Crippen LogP contribution in [0.15, 0.2) is 68.9 Å². The van der Waals surface area contributed by atoms with Crippen LogP contribution in [0.25, 0.3) is 16.7 Å². The molecule has 5 nitrogen and oxygen atoms in total. The lowest BCUT2D eigenvalue weighted by Gasteiger charge is -2.27. The second kappa shape index (κ2) is 8.37. The van der Waals surface area contributed by atoms with Crippen molar-refractivity contribution in [1.29, 1.82) is 0 Å². The molecule has 0 saturated heterocycles. The van der Waals surface area contributed by atoms with Gasteiger partial charge in [0.2, 0.25) is 0 Å². The molecule has 4 rings (SSSR count). The van der Waals surface area contributed by atoms with Crippen LogP contribution in [0.2, 0.25) is 0 Å². The van der Waals surface area contributed by atoms with Crippen LogP contribution in [0, 0.1) is 0 Å². The zero-order chi connectivity index (χ0) is 24.1. The van der Waals surface area contributed by atoms with E-state index in [-0.39, 0.29) is 16.6 Å². The molecule has 0 aliphatic heterocycles. The first-order valence-corrected chi connectivity index (χ1v) is 12.7. The third kappa shape index (κ3) is 4.75. The first-order valence-electron chi connectivity index (χ1n) is 10.8. The SMILES string of the molecule is CC(C)(C)c1cc(-n2nc3ccc(S(=O)c4ccc(Br)cc4)cc3n2)c(O)c(C(C)(C)C)c1. The zero-order valence-corrected chi connectivity index (χ0v) is 22.1. The van der Waals surface area contributed by atoms with Crippen molar-refractivity contribution in [1.82, 2.24) is 15.0 Å². The fraction of sp³-hybridized carbons (Fsp3) is 0.308. The Morgan fingerprint density at radius 3 is 2.03 bits per heavy atom. The maximum absolute atomic E-state index is 13.0. The summed E-state index contributed by atoms with van der Waals surface area (Å²) in [5, 5.41) is 20.4. The summed E-state index contributed by atoms with van der Waals surface area (Å²) in [4.78, 5) is 2.85. The highest BCUT2D eigenvalue weighted by atomic mass is 79.9. The number of fused-ring (bicyclic) bond motifs is 1. The molecular formula is C26H28BrN3O2S. The van der Waals surface area contributed by atoms with Gasteiger partial charge in [0.25, 0.3) is 0 Å². The highest BCUT2D eigenvalue weighted by Crippen LogP contribution is 2.39. The number of phenols is 1. The Morgan fingerprint density at radius 1 is 0.818 bits per heavy atom. The molecule has 1 atom stereocenters. The Kier molecular flexibility index (Phi) is 5.99. The maximum Gasteiger partial charge on any atom is 0.146 e. The first kappa shape index (κ1) is 23.6. The minimum atomic E-state index is -1.33. The summed E-state index contributed by atoms with van der Waals surface area (Å²) in [6.07, 6.45) is 0. The van der Waals surface area contributed by atoms with E-state index in [1.54, 1.807) is 6.07 Å². The van der Waals surface area contributed by atoms with Crippen LogP contribution in [0.1, 0.15) is 52.7 Å². The zero-order valence-electron chi connectivity index (χ0n) is 19.7. The Hall–Kier alpha value is -2.51. The van der Waals surface area contributed by atoms with Crippen LogP contribution >= 0.6 is 15.9 Å². The molecule has 7 heteroatoms. The van der Waals surface area contributed by atoms with Crippen LogP contribution in [0.3, 0.4) is 0 Å². The third-order valence-electron chi connectivity index (χ3n) is 5.57. The van der Waals surface area contributed by atoms with Gasteiger partial charge in [0.05, 0.1) is 10.8 Å². The van der Waals surface area contributed by atoms with Crippen LogP contribution in [0.5, 0.6) is 5.75 Å². The molecule has 1 unspecified atom stereocenters. The topological polar surface area (TPSA) is 68.0 Å². The second-order valence-corrected chi connectivity index (χ2v) is 12.7. The maximum atomic E-state index is 13.0. The molecule has 1 heterocycles. The molecule has 0 fully saturated rings. The van der Waals surface area contributed by atoms with Gasteiger partial charge in [0.1, 0.15) is 22.5 Å². The Morgan fingerprint density at radius 2 is 1.42 bits per heavy atom. The number of halogens is 1. The van der Waals surface area contributed by atoms with Crippen molar-refractivity contribution in [3.05, 3.63) is 70.2 Å². The summed E-state index contributed by atoms with van der Waals surface area (Å²) < 4.78 is 14.0. The smallest absolute Gasteiger partial charge is 0.146 e. The number of aromatic hydroxyl groups is 1. The first-order chi connectivity index (χ1) is 15.3. The van der Waals surface area contributed by atoms with Gasteiger partial charge in [0.15, 0.2) is 0 Å². The normalized spacial score (nSPS) is 13.4. The Bertz CT molecular complexity index is 1360. The van der Waals surface area contributed by atoms with E-state index in [4.69, 9.17) is 0 Å². The molecule has 0 radical (unpaired) electrons. The van der Waals surface area contributed by atoms with Crippen molar-refractivity contribution in [3.63, 3.8) is 0 Å². The molecule has 1 aromatic heterocycles. The van der Waals surface area contributed by atoms with E-state index in [0.29, 0.717) is 21.6 Å². The summed E-state index contributed by atoms with van der Waals surface area (Å²) in [6.45, 7) is 12.7. The average Bonchev–Trinajstić information content (AvgIpc) is 3.15. The van der Waals surface area contributed by atoms with Crippen LogP contribution in [-0.4, -0.2) is 24.3 Å². The molecule has 0 aliphatic carbocycles. The van der Waals surface area contributed by atoms with Gasteiger partial charge < -0.3 is 5.11 Å². The number of rotatable bonds is 3. The van der Waals surface area contributed by atoms with E-state index in [9.17, 15) is 9.32 Å². The van der Waals surface area contributed by atoms with Crippen molar-refractivity contribution < 1.29 is 9.32 Å². The fourth-order valence-electron chi connectivity index (χ4n) is 3.59. The Balaban J connectivity index is 1.82. The summed E-state index contributed by atoms with van der Waals surface area (Å²) in [5.74, 6) is 0.175. The second-order valence-electron chi connectivity index (χ2n) is 10.3. The van der Waals surface area contributed by atoms with Gasteiger partial charge in [-0.2, -0.15) is 0 Å². The molecule has 0 saturated carbocycles. The van der Waals surface area contributed by atoms with Crippen LogP contribution in [-0.2, 0) is 21.6 Å². The lowest BCUT2D eigenvalue weighted by Crippen LogP contribution is -2.18. The average molecular weight is 527 g/mol. The minimum absolute atomic E-state index is 0.107. The number of nitrogens with zero attached hydrogens (tertiary/aromatic N) is 3. The predicted octanol–water partition coefficient (Wildman–Crippen LogP) is 6.65. The number of aromatic nitrogens is 3. The minimum Gasteiger partial charge on any atom is -0.505 e. The highest BCUT2D eigenvalue weighted by Gasteiger charge is 2.26. The number of hydrogen-bond acceptors (Lipinski definition) is 4. The van der Waals surface area contributed by atoms with E-state index in [0.717, 1.165) is 20.5 Å². The van der Waals surface area contributed by atoms with Crippen molar-refractivity contribution in [2.45, 2.75) is 62.2 Å². The van der Waals surface area contributed by atoms with E-state index in [2.05, 4.69) is 73.7 Å². The lowest BCUT2D eigenvalue weighted by atomic mass is 9.80. The van der Waals surface area contributed by atoms with Crippen molar-refractivity contribution in [2.75, 3.05) is 0 Å². The van der Waals surface area contributed by atoms with Crippen molar-refractivity contribution in [3.8, 4) is 11.4 Å². The molecule has 0 aliphatic rings. The van der Waals surface area contributed by atoms with Gasteiger partial charge in [-0.3, -0.25) is 0 Å². The highest BCUT2D eigenvalue weighted by molar-refractivity contribution is 9.10. The molecule has 4 aromatic rings. The van der Waals surface area contributed by atoms with Gasteiger partial charge >= 0.3 is 0 Å². The molecule has 0 spiro atoms. The van der Waals surface area contributed by atoms with Crippen molar-refractivity contribution in [2.24, 2.45) is 0 Å². The van der Waals surface area contributed by atoms with E-state index < -0.39 is 10.8 Å². The summed E-state index contributed by atoms with van der Waals surface area (Å²) in [5.41, 5.74) is 3.42.